The highest BCUT2D eigenvalue weighted by Gasteiger charge is 2.59. The largest absolute Gasteiger partial charge is 0.460 e. The fourth-order valence-electron chi connectivity index (χ4n) is 6.40. The molecule has 7 atom stereocenters. The van der Waals surface area contributed by atoms with E-state index in [0.717, 1.165) is 41.9 Å². The van der Waals surface area contributed by atoms with Gasteiger partial charge >= 0.3 is 5.97 Å². The summed E-state index contributed by atoms with van der Waals surface area (Å²) >= 11 is 0. The summed E-state index contributed by atoms with van der Waals surface area (Å²) in [6.07, 6.45) is 8.39. The first kappa shape index (κ1) is 17.3. The first-order valence-electron chi connectivity index (χ1n) is 10.1. The van der Waals surface area contributed by atoms with Crippen molar-refractivity contribution in [2.24, 2.45) is 41.4 Å². The minimum absolute atomic E-state index is 0.0454. The highest BCUT2D eigenvalue weighted by Crippen LogP contribution is 2.66. The third-order valence-corrected chi connectivity index (χ3v) is 7.68. The molecule has 132 valence electrons. The lowest BCUT2D eigenvalue weighted by Gasteiger charge is -2.36. The van der Waals surface area contributed by atoms with Crippen LogP contribution in [0.3, 0.4) is 0 Å². The predicted octanol–water partition coefficient (Wildman–Crippen LogP) is 5.45. The number of rotatable bonds is 6. The Bertz CT molecular complexity index is 441. The van der Waals surface area contributed by atoms with Crippen LogP contribution in [0.15, 0.2) is 0 Å². The zero-order valence-corrected chi connectivity index (χ0v) is 15.8. The SMILES string of the molecule is CCC1CC(CC)C2C3CC(CC3CC(=O)OC(C)(C)CC)C12. The quantitative estimate of drug-likeness (QED) is 0.608. The Balaban J connectivity index is 1.64. The van der Waals surface area contributed by atoms with Crippen molar-refractivity contribution in [3.63, 3.8) is 0 Å². The molecular formula is C21H36O2. The lowest BCUT2D eigenvalue weighted by Crippen LogP contribution is -2.33. The molecule has 0 saturated heterocycles. The molecule has 3 fully saturated rings. The minimum Gasteiger partial charge on any atom is -0.460 e. The maximum Gasteiger partial charge on any atom is 0.306 e. The topological polar surface area (TPSA) is 26.3 Å². The number of carbonyl (C=O) groups is 1. The van der Waals surface area contributed by atoms with E-state index in [-0.39, 0.29) is 11.6 Å². The van der Waals surface area contributed by atoms with Gasteiger partial charge in [-0.2, -0.15) is 0 Å². The summed E-state index contributed by atoms with van der Waals surface area (Å²) in [5.41, 5.74) is -0.302. The van der Waals surface area contributed by atoms with Gasteiger partial charge in [0, 0.05) is 6.42 Å². The highest BCUT2D eigenvalue weighted by atomic mass is 16.6. The number of esters is 1. The summed E-state index contributed by atoms with van der Waals surface area (Å²) in [7, 11) is 0. The lowest BCUT2D eigenvalue weighted by atomic mass is 9.70. The summed E-state index contributed by atoms with van der Waals surface area (Å²) in [6.45, 7) is 10.9. The van der Waals surface area contributed by atoms with Crippen molar-refractivity contribution in [1.29, 1.82) is 0 Å². The molecule has 23 heavy (non-hydrogen) atoms. The Morgan fingerprint density at radius 2 is 1.61 bits per heavy atom. The smallest absolute Gasteiger partial charge is 0.306 e. The number of fused-ring (bicyclic) bond motifs is 5. The average Bonchev–Trinajstić information content (AvgIpc) is 3.16. The maximum absolute atomic E-state index is 12.4. The van der Waals surface area contributed by atoms with E-state index in [4.69, 9.17) is 4.74 Å². The molecule has 2 heteroatoms. The highest BCUT2D eigenvalue weighted by molar-refractivity contribution is 5.70. The first-order chi connectivity index (χ1) is 10.9. The second kappa shape index (κ2) is 6.41. The van der Waals surface area contributed by atoms with Gasteiger partial charge in [-0.25, -0.2) is 0 Å². The van der Waals surface area contributed by atoms with Crippen molar-refractivity contribution in [3.05, 3.63) is 0 Å². The van der Waals surface area contributed by atoms with Gasteiger partial charge in [-0.05, 0) is 81.0 Å². The number of carbonyl (C=O) groups excluding carboxylic acids is 1. The Labute approximate surface area is 142 Å². The standard InChI is InChI=1S/C21H36O2/c1-6-13-9-14(7-2)20-17-11-16(19(13)20)10-15(17)12-18(22)23-21(4,5)8-3/h13-17,19-20H,6-12H2,1-5H3. The number of hydrogen-bond donors (Lipinski definition) is 0. The Morgan fingerprint density at radius 3 is 2.22 bits per heavy atom. The predicted molar refractivity (Wildman–Crippen MR) is 93.9 cm³/mol. The fourth-order valence-corrected chi connectivity index (χ4v) is 6.40. The van der Waals surface area contributed by atoms with E-state index in [2.05, 4.69) is 20.8 Å². The average molecular weight is 321 g/mol. The van der Waals surface area contributed by atoms with Crippen LogP contribution in [0.1, 0.15) is 79.6 Å². The zero-order valence-electron chi connectivity index (χ0n) is 15.8. The van der Waals surface area contributed by atoms with Gasteiger partial charge in [0.15, 0.2) is 0 Å². The van der Waals surface area contributed by atoms with Crippen molar-refractivity contribution < 1.29 is 9.53 Å². The van der Waals surface area contributed by atoms with E-state index in [9.17, 15) is 4.79 Å². The first-order valence-corrected chi connectivity index (χ1v) is 10.1. The van der Waals surface area contributed by atoms with Gasteiger partial charge in [-0.15, -0.1) is 0 Å². The van der Waals surface area contributed by atoms with Gasteiger partial charge in [-0.3, -0.25) is 4.79 Å². The molecule has 0 aliphatic heterocycles. The molecule has 0 spiro atoms. The molecule has 0 heterocycles. The van der Waals surface area contributed by atoms with Crippen LogP contribution in [0.2, 0.25) is 0 Å². The molecule has 0 aromatic heterocycles. The maximum atomic E-state index is 12.4. The van der Waals surface area contributed by atoms with E-state index in [1.807, 2.05) is 13.8 Å². The summed E-state index contributed by atoms with van der Waals surface area (Å²) in [4.78, 5) is 12.4. The molecule has 3 aliphatic rings. The van der Waals surface area contributed by atoms with E-state index < -0.39 is 0 Å². The Morgan fingerprint density at radius 1 is 0.957 bits per heavy atom. The summed E-state index contributed by atoms with van der Waals surface area (Å²) < 4.78 is 5.72. The molecule has 3 rings (SSSR count). The van der Waals surface area contributed by atoms with Gasteiger partial charge in [-0.1, -0.05) is 33.6 Å². The van der Waals surface area contributed by atoms with Gasteiger partial charge in [0.05, 0.1) is 0 Å². The molecule has 0 amide bonds. The molecule has 0 N–H and O–H groups in total. The van der Waals surface area contributed by atoms with Crippen LogP contribution in [0.25, 0.3) is 0 Å². The lowest BCUT2D eigenvalue weighted by molar-refractivity contribution is -0.158. The molecular weight excluding hydrogens is 284 g/mol. The van der Waals surface area contributed by atoms with Gasteiger partial charge in [0.2, 0.25) is 0 Å². The van der Waals surface area contributed by atoms with Crippen LogP contribution >= 0.6 is 0 Å². The second-order valence-corrected chi connectivity index (χ2v) is 9.17. The Kier molecular flexibility index (Phi) is 4.82. The molecule has 3 aliphatic carbocycles. The van der Waals surface area contributed by atoms with Crippen molar-refractivity contribution in [1.82, 2.24) is 0 Å². The molecule has 2 nitrogen and oxygen atoms in total. The number of hydrogen-bond acceptors (Lipinski definition) is 2. The van der Waals surface area contributed by atoms with Crippen LogP contribution in [0.4, 0.5) is 0 Å². The molecule has 2 bridgehead atoms. The molecule has 0 aromatic rings. The molecule has 0 aromatic carbocycles. The van der Waals surface area contributed by atoms with E-state index >= 15 is 0 Å². The van der Waals surface area contributed by atoms with Crippen LogP contribution in [-0.4, -0.2) is 11.6 Å². The van der Waals surface area contributed by atoms with Crippen molar-refractivity contribution in [2.45, 2.75) is 85.2 Å². The molecule has 3 saturated carbocycles. The van der Waals surface area contributed by atoms with Crippen LogP contribution < -0.4 is 0 Å². The van der Waals surface area contributed by atoms with E-state index in [1.165, 1.54) is 32.1 Å². The molecule has 0 radical (unpaired) electrons. The van der Waals surface area contributed by atoms with E-state index in [0.29, 0.717) is 12.3 Å². The second-order valence-electron chi connectivity index (χ2n) is 9.17. The third-order valence-electron chi connectivity index (χ3n) is 7.68. The summed E-state index contributed by atoms with van der Waals surface area (Å²) in [6, 6.07) is 0. The summed E-state index contributed by atoms with van der Waals surface area (Å²) in [5.74, 6) is 6.15. The summed E-state index contributed by atoms with van der Waals surface area (Å²) in [5, 5.41) is 0. The molecule has 7 unspecified atom stereocenters. The van der Waals surface area contributed by atoms with Gasteiger partial charge in [0.25, 0.3) is 0 Å². The van der Waals surface area contributed by atoms with Crippen molar-refractivity contribution in [2.75, 3.05) is 0 Å². The Hall–Kier alpha value is -0.530. The zero-order chi connectivity index (χ0) is 16.8. The minimum atomic E-state index is -0.302. The third kappa shape index (κ3) is 3.07. The monoisotopic (exact) mass is 320 g/mol. The van der Waals surface area contributed by atoms with Crippen LogP contribution in [-0.2, 0) is 9.53 Å². The van der Waals surface area contributed by atoms with Crippen LogP contribution in [0.5, 0.6) is 0 Å². The van der Waals surface area contributed by atoms with Crippen LogP contribution in [0, 0.1) is 41.4 Å². The van der Waals surface area contributed by atoms with E-state index in [1.54, 1.807) is 0 Å². The fraction of sp³-hybridized carbons (Fsp3) is 0.952. The normalized spacial score (nSPS) is 42.0. The van der Waals surface area contributed by atoms with Crippen molar-refractivity contribution >= 4 is 5.97 Å². The number of ether oxygens (including phenoxy) is 1. The van der Waals surface area contributed by atoms with Gasteiger partial charge < -0.3 is 4.74 Å². The van der Waals surface area contributed by atoms with Gasteiger partial charge in [0.1, 0.15) is 5.60 Å². The van der Waals surface area contributed by atoms with Crippen molar-refractivity contribution in [3.8, 4) is 0 Å².